The van der Waals surface area contributed by atoms with Gasteiger partial charge in [0.1, 0.15) is 11.4 Å². The minimum atomic E-state index is -1.25. The fraction of sp³-hybridized carbons (Fsp3) is 0.417. The normalized spacial score (nSPS) is 14.6. The van der Waals surface area contributed by atoms with Crippen LogP contribution in [0.15, 0.2) is 12.1 Å². The lowest BCUT2D eigenvalue weighted by atomic mass is 9.90. The molecule has 0 bridgehead atoms. The van der Waals surface area contributed by atoms with Gasteiger partial charge in [-0.3, -0.25) is 10.1 Å². The molecule has 1 rings (SSSR count). The van der Waals surface area contributed by atoms with Crippen LogP contribution in [0.1, 0.15) is 26.3 Å². The molecule has 0 aliphatic heterocycles. The van der Waals surface area contributed by atoms with E-state index in [2.05, 4.69) is 5.32 Å². The van der Waals surface area contributed by atoms with Gasteiger partial charge in [0.15, 0.2) is 0 Å². The first-order valence-corrected chi connectivity index (χ1v) is 6.16. The number of benzene rings is 1. The highest BCUT2D eigenvalue weighted by Gasteiger charge is 2.36. The van der Waals surface area contributed by atoms with Crippen molar-refractivity contribution >= 4 is 29.1 Å². The minimum Gasteiger partial charge on any atom is -0.368 e. The third-order valence-electron chi connectivity index (χ3n) is 2.62. The number of halogens is 3. The average molecular weight is 293 g/mol. The summed E-state index contributed by atoms with van der Waals surface area (Å²) in [6.07, 6.45) is 0. The third kappa shape index (κ3) is 2.94. The predicted octanol–water partition coefficient (Wildman–Crippen LogP) is 2.83. The fourth-order valence-electron chi connectivity index (χ4n) is 1.76. The molecule has 0 heterocycles. The number of nitrogens with two attached hydrogens (primary N) is 1. The first-order valence-electron chi connectivity index (χ1n) is 5.41. The topological polar surface area (TPSA) is 55.1 Å². The third-order valence-corrected chi connectivity index (χ3v) is 3.22. The molecule has 100 valence electrons. The molecule has 0 aliphatic carbocycles. The van der Waals surface area contributed by atoms with Gasteiger partial charge in [0.05, 0.1) is 5.02 Å². The summed E-state index contributed by atoms with van der Waals surface area (Å²) >= 11 is 11.6. The molecule has 0 aliphatic rings. The van der Waals surface area contributed by atoms with Crippen molar-refractivity contribution in [3.63, 3.8) is 0 Å². The Kier molecular flexibility index (Phi) is 4.59. The highest BCUT2D eigenvalue weighted by Crippen LogP contribution is 2.32. The standard InChI is InChI=1S/C12H15Cl2FN2O/c1-6(2)17-12(3,11(16)18)7-4-10(15)9(14)5-8(7)13/h4-6,17H,1-3H3,(H2,16,18). The second-order valence-electron chi connectivity index (χ2n) is 4.53. The number of hydrogen-bond donors (Lipinski definition) is 2. The van der Waals surface area contributed by atoms with Gasteiger partial charge in [-0.15, -0.1) is 0 Å². The second-order valence-corrected chi connectivity index (χ2v) is 5.35. The summed E-state index contributed by atoms with van der Waals surface area (Å²) < 4.78 is 13.5. The molecule has 0 spiro atoms. The van der Waals surface area contributed by atoms with Gasteiger partial charge in [-0.25, -0.2) is 4.39 Å². The van der Waals surface area contributed by atoms with E-state index in [0.717, 1.165) is 6.07 Å². The van der Waals surface area contributed by atoms with Crippen LogP contribution in [-0.2, 0) is 10.3 Å². The molecule has 3 nitrogen and oxygen atoms in total. The van der Waals surface area contributed by atoms with Gasteiger partial charge in [0.25, 0.3) is 0 Å². The van der Waals surface area contributed by atoms with E-state index < -0.39 is 17.3 Å². The van der Waals surface area contributed by atoms with Crippen LogP contribution in [0.2, 0.25) is 10.0 Å². The molecular formula is C12H15Cl2FN2O. The summed E-state index contributed by atoms with van der Waals surface area (Å²) in [6, 6.07) is 2.36. The van der Waals surface area contributed by atoms with Crippen molar-refractivity contribution < 1.29 is 9.18 Å². The highest BCUT2D eigenvalue weighted by molar-refractivity contribution is 6.35. The molecule has 1 unspecified atom stereocenters. The molecule has 0 aromatic heterocycles. The Labute approximate surface area is 115 Å². The van der Waals surface area contributed by atoms with Gasteiger partial charge in [-0.1, -0.05) is 23.2 Å². The number of rotatable bonds is 4. The van der Waals surface area contributed by atoms with Crippen molar-refractivity contribution in [2.45, 2.75) is 32.4 Å². The number of carbonyl (C=O) groups excluding carboxylic acids is 1. The van der Waals surface area contributed by atoms with E-state index in [9.17, 15) is 9.18 Å². The smallest absolute Gasteiger partial charge is 0.242 e. The zero-order chi connectivity index (χ0) is 14.1. The number of hydrogen-bond acceptors (Lipinski definition) is 2. The summed E-state index contributed by atoms with van der Waals surface area (Å²) in [7, 11) is 0. The summed E-state index contributed by atoms with van der Waals surface area (Å²) in [5.74, 6) is -1.28. The van der Waals surface area contributed by atoms with Crippen molar-refractivity contribution in [1.29, 1.82) is 0 Å². The summed E-state index contributed by atoms with van der Waals surface area (Å²) in [5.41, 5.74) is 4.41. The average Bonchev–Trinajstić information content (AvgIpc) is 2.21. The van der Waals surface area contributed by atoms with Crippen LogP contribution in [0.3, 0.4) is 0 Å². The Morgan fingerprint density at radius 2 is 1.94 bits per heavy atom. The molecule has 1 amide bonds. The maximum absolute atomic E-state index is 13.5. The van der Waals surface area contributed by atoms with E-state index in [1.807, 2.05) is 13.8 Å². The van der Waals surface area contributed by atoms with Gasteiger partial charge in [0.2, 0.25) is 5.91 Å². The molecule has 0 saturated carbocycles. The van der Waals surface area contributed by atoms with Gasteiger partial charge < -0.3 is 5.73 Å². The quantitative estimate of drug-likeness (QED) is 0.839. The predicted molar refractivity (Wildman–Crippen MR) is 71.2 cm³/mol. The monoisotopic (exact) mass is 292 g/mol. The Bertz CT molecular complexity index is 479. The molecule has 1 atom stereocenters. The van der Waals surface area contributed by atoms with Crippen molar-refractivity contribution in [3.8, 4) is 0 Å². The van der Waals surface area contributed by atoms with Crippen LogP contribution in [0, 0.1) is 5.82 Å². The maximum Gasteiger partial charge on any atom is 0.242 e. The van der Waals surface area contributed by atoms with Crippen LogP contribution >= 0.6 is 23.2 Å². The van der Waals surface area contributed by atoms with E-state index in [-0.39, 0.29) is 21.7 Å². The van der Waals surface area contributed by atoms with E-state index >= 15 is 0 Å². The number of amides is 1. The van der Waals surface area contributed by atoms with Gasteiger partial charge in [-0.05, 0) is 32.9 Å². The van der Waals surface area contributed by atoms with E-state index in [4.69, 9.17) is 28.9 Å². The van der Waals surface area contributed by atoms with E-state index in [1.165, 1.54) is 6.07 Å². The molecule has 18 heavy (non-hydrogen) atoms. The maximum atomic E-state index is 13.5. The first kappa shape index (κ1) is 15.2. The van der Waals surface area contributed by atoms with E-state index in [1.54, 1.807) is 6.92 Å². The second kappa shape index (κ2) is 5.43. The first-order chi connectivity index (χ1) is 8.18. The van der Waals surface area contributed by atoms with Crippen molar-refractivity contribution in [2.24, 2.45) is 5.73 Å². The van der Waals surface area contributed by atoms with Gasteiger partial charge in [-0.2, -0.15) is 0 Å². The molecule has 0 fully saturated rings. The molecule has 0 radical (unpaired) electrons. The van der Waals surface area contributed by atoms with Crippen LogP contribution in [0.4, 0.5) is 4.39 Å². The summed E-state index contributed by atoms with van der Waals surface area (Å²) in [5, 5.41) is 3.08. The SMILES string of the molecule is CC(C)NC(C)(C(N)=O)c1cc(F)c(Cl)cc1Cl. The molecular weight excluding hydrogens is 278 g/mol. The van der Waals surface area contributed by atoms with Crippen molar-refractivity contribution in [3.05, 3.63) is 33.6 Å². The Morgan fingerprint density at radius 3 is 2.39 bits per heavy atom. The Morgan fingerprint density at radius 1 is 1.39 bits per heavy atom. The summed E-state index contributed by atoms with van der Waals surface area (Å²) in [4.78, 5) is 11.7. The molecule has 0 saturated heterocycles. The van der Waals surface area contributed by atoms with Crippen LogP contribution in [0.25, 0.3) is 0 Å². The number of nitrogens with one attached hydrogen (secondary N) is 1. The zero-order valence-electron chi connectivity index (χ0n) is 10.4. The Hall–Kier alpha value is -0.840. The van der Waals surface area contributed by atoms with Crippen molar-refractivity contribution in [1.82, 2.24) is 5.32 Å². The lowest BCUT2D eigenvalue weighted by molar-refractivity contribution is -0.124. The molecule has 3 N–H and O–H groups in total. The fourth-order valence-corrected chi connectivity index (χ4v) is 2.34. The zero-order valence-corrected chi connectivity index (χ0v) is 11.9. The van der Waals surface area contributed by atoms with Gasteiger partial charge >= 0.3 is 0 Å². The van der Waals surface area contributed by atoms with Gasteiger partial charge in [0, 0.05) is 16.6 Å². The van der Waals surface area contributed by atoms with Crippen LogP contribution < -0.4 is 11.1 Å². The molecule has 1 aromatic carbocycles. The van der Waals surface area contributed by atoms with Crippen LogP contribution in [0.5, 0.6) is 0 Å². The summed E-state index contributed by atoms with van der Waals surface area (Å²) in [6.45, 7) is 5.26. The highest BCUT2D eigenvalue weighted by atomic mass is 35.5. The molecule has 1 aromatic rings. The van der Waals surface area contributed by atoms with E-state index in [0.29, 0.717) is 0 Å². The lowest BCUT2D eigenvalue weighted by Gasteiger charge is -2.31. The molecule has 6 heteroatoms. The van der Waals surface area contributed by atoms with Crippen molar-refractivity contribution in [2.75, 3.05) is 0 Å². The Balaban J connectivity index is 3.39. The lowest BCUT2D eigenvalue weighted by Crippen LogP contribution is -2.53. The minimum absolute atomic E-state index is 0.0303. The number of carbonyl (C=O) groups is 1. The number of primary amides is 1. The largest absolute Gasteiger partial charge is 0.368 e. The van der Waals surface area contributed by atoms with Crippen LogP contribution in [-0.4, -0.2) is 11.9 Å².